The third kappa shape index (κ3) is 6.11. The average molecular weight is 723 g/mol. The summed E-state index contributed by atoms with van der Waals surface area (Å²) in [5.41, 5.74) is -6.37. The van der Waals surface area contributed by atoms with E-state index in [0.717, 1.165) is 11.1 Å². The molecular weight excluding hydrogens is 671 g/mol. The van der Waals surface area contributed by atoms with E-state index in [4.69, 9.17) is 18.3 Å². The van der Waals surface area contributed by atoms with Gasteiger partial charge >= 0.3 is 13.8 Å². The molecule has 0 aliphatic heterocycles. The second-order valence-corrected chi connectivity index (χ2v) is 17.2. The molecule has 8 atom stereocenters. The minimum Gasteiger partial charge on any atom is -0.458 e. The van der Waals surface area contributed by atoms with Crippen molar-refractivity contribution in [2.75, 3.05) is 0 Å². The molecule has 3 fully saturated rings. The number of hydrogen-bond acceptors (Lipinski definition) is 10. The Morgan fingerprint density at radius 3 is 2.04 bits per heavy atom. The molecule has 3 N–H and O–H groups in total. The fourth-order valence-electron chi connectivity index (χ4n) is 9.44. The van der Waals surface area contributed by atoms with E-state index in [-0.39, 0.29) is 31.6 Å². The Balaban J connectivity index is 1.33. The van der Waals surface area contributed by atoms with Gasteiger partial charge in [0.25, 0.3) is 0 Å². The molecule has 2 aromatic rings. The molecule has 6 rings (SSSR count). The number of allylic oxidation sites excluding steroid dienone is 1. The first kappa shape index (κ1) is 37.5. The van der Waals surface area contributed by atoms with Crippen molar-refractivity contribution in [3.63, 3.8) is 0 Å². The number of Topliss-reactive ketones (excluding diaryl/α,β-unsaturated/α-hetero) is 1. The van der Waals surface area contributed by atoms with Crippen LogP contribution in [-0.4, -0.2) is 56.1 Å². The van der Waals surface area contributed by atoms with Gasteiger partial charge in [-0.15, -0.1) is 0 Å². The van der Waals surface area contributed by atoms with Crippen molar-refractivity contribution in [2.45, 2.75) is 115 Å². The van der Waals surface area contributed by atoms with Gasteiger partial charge in [-0.05, 0) is 101 Å². The number of fused-ring (bicyclic) bond motifs is 5. The topological polar surface area (TPSA) is 149 Å². The van der Waals surface area contributed by atoms with Crippen LogP contribution in [0.3, 0.4) is 0 Å². The Kier molecular flexibility index (Phi) is 9.77. The molecule has 10 nitrogen and oxygen atoms in total. The third-order valence-corrected chi connectivity index (χ3v) is 14.3. The molecule has 276 valence electrons. The second kappa shape index (κ2) is 13.3. The molecule has 51 heavy (non-hydrogen) atoms. The molecule has 0 saturated heterocycles. The van der Waals surface area contributed by atoms with Gasteiger partial charge in [0.05, 0.1) is 11.5 Å². The fraction of sp³-hybridized carbons (Fsp3) is 0.550. The number of phosphoric acid groups is 1. The standard InChI is InChI=1S/C40H51O10P/c1-26(2)27(3)23-35(42)47-34-25-33-36(5)19-18-32(50-51(46,48-30-13-9-7-10-14-30)49-31-15-11-8-12-16-31)24-29(36)17-20-39(33,44)40(45)22-21-38(43,28(4)41)37(34,40)6/h7-17,23,26,32-34,43-45H,18-22,24-25H2,1-6H3/b27-23+/t32-,33?,34+,36-,37+,38+,39-,40+/m0/s1. The van der Waals surface area contributed by atoms with E-state index in [1.165, 1.54) is 13.0 Å². The smallest absolute Gasteiger partial charge is 0.458 e. The minimum absolute atomic E-state index is 0.0428. The molecule has 11 heteroatoms. The monoisotopic (exact) mass is 722 g/mol. The number of carbonyl (C=O) groups is 2. The van der Waals surface area contributed by atoms with Gasteiger partial charge in [0.1, 0.15) is 34.4 Å². The van der Waals surface area contributed by atoms with Gasteiger partial charge in [-0.25, -0.2) is 9.36 Å². The number of hydrogen-bond donors (Lipinski definition) is 3. The first-order valence-corrected chi connectivity index (χ1v) is 19.4. The fourth-order valence-corrected chi connectivity index (χ4v) is 10.9. The Morgan fingerprint density at radius 2 is 1.49 bits per heavy atom. The van der Waals surface area contributed by atoms with Crippen LogP contribution in [0, 0.1) is 22.7 Å². The Morgan fingerprint density at radius 1 is 0.902 bits per heavy atom. The van der Waals surface area contributed by atoms with Gasteiger partial charge in [0.15, 0.2) is 5.78 Å². The third-order valence-electron chi connectivity index (χ3n) is 12.8. The van der Waals surface area contributed by atoms with E-state index >= 15 is 0 Å². The summed E-state index contributed by atoms with van der Waals surface area (Å²) >= 11 is 0. The molecule has 2 aromatic carbocycles. The van der Waals surface area contributed by atoms with Gasteiger partial charge in [-0.3, -0.25) is 9.32 Å². The molecule has 0 aromatic heterocycles. The Bertz CT molecular complexity index is 1710. The van der Waals surface area contributed by atoms with Crippen molar-refractivity contribution in [2.24, 2.45) is 22.7 Å². The van der Waals surface area contributed by atoms with Gasteiger partial charge in [0.2, 0.25) is 0 Å². The summed E-state index contributed by atoms with van der Waals surface area (Å²) in [5, 5.41) is 37.5. The Labute approximate surface area is 300 Å². The summed E-state index contributed by atoms with van der Waals surface area (Å²) in [5.74, 6) is -1.03. The van der Waals surface area contributed by atoms with E-state index in [9.17, 15) is 29.5 Å². The number of esters is 1. The van der Waals surface area contributed by atoms with Gasteiger partial charge in [-0.1, -0.05) is 74.4 Å². The zero-order valence-corrected chi connectivity index (χ0v) is 31.2. The quantitative estimate of drug-likeness (QED) is 0.0989. The lowest BCUT2D eigenvalue weighted by Crippen LogP contribution is -2.78. The first-order valence-electron chi connectivity index (χ1n) is 17.9. The van der Waals surface area contributed by atoms with Crippen LogP contribution in [0.25, 0.3) is 0 Å². The molecule has 0 radical (unpaired) electrons. The number of benzene rings is 2. The van der Waals surface area contributed by atoms with E-state index in [1.807, 2.05) is 45.9 Å². The lowest BCUT2D eigenvalue weighted by molar-refractivity contribution is -0.314. The largest absolute Gasteiger partial charge is 0.587 e. The second-order valence-electron chi connectivity index (χ2n) is 15.7. The lowest BCUT2D eigenvalue weighted by atomic mass is 9.42. The van der Waals surface area contributed by atoms with Gasteiger partial charge in [0, 0.05) is 12.0 Å². The van der Waals surface area contributed by atoms with Crippen LogP contribution < -0.4 is 9.05 Å². The van der Waals surface area contributed by atoms with Crippen LogP contribution >= 0.6 is 7.82 Å². The predicted molar refractivity (Wildman–Crippen MR) is 191 cm³/mol. The SMILES string of the molecule is CC(=O)[C@]1(O)CC[C@@]2(O)[C@]1(C)[C@H](OC(=O)/C=C(\C)C(C)C)CC1[C@@]3(C)CC[C@H](OP(=O)(Oc4ccccc4)Oc4ccccc4)CC3=CC[C@]12O. The van der Waals surface area contributed by atoms with Crippen LogP contribution in [0.1, 0.15) is 86.5 Å². The van der Waals surface area contributed by atoms with Gasteiger partial charge in [-0.2, -0.15) is 0 Å². The van der Waals surface area contributed by atoms with Crippen molar-refractivity contribution < 1.29 is 47.8 Å². The average Bonchev–Trinajstić information content (AvgIpc) is 3.31. The lowest BCUT2D eigenvalue weighted by Gasteiger charge is -2.67. The molecule has 4 aliphatic rings. The van der Waals surface area contributed by atoms with Crippen LogP contribution in [0.5, 0.6) is 11.5 Å². The number of phosphoric ester groups is 1. The maximum Gasteiger partial charge on any atom is 0.587 e. The zero-order chi connectivity index (χ0) is 37.0. The molecule has 3 saturated carbocycles. The summed E-state index contributed by atoms with van der Waals surface area (Å²) in [6.45, 7) is 10.6. The molecule has 4 aliphatic carbocycles. The highest BCUT2D eigenvalue weighted by Gasteiger charge is 2.81. The van der Waals surface area contributed by atoms with E-state index in [0.29, 0.717) is 30.8 Å². The van der Waals surface area contributed by atoms with Crippen LogP contribution in [0.2, 0.25) is 0 Å². The van der Waals surface area contributed by atoms with E-state index < -0.39 is 65.3 Å². The number of aliphatic hydroxyl groups is 3. The van der Waals surface area contributed by atoms with Gasteiger partial charge < -0.3 is 29.1 Å². The van der Waals surface area contributed by atoms with E-state index in [1.54, 1.807) is 55.5 Å². The van der Waals surface area contributed by atoms with E-state index in [2.05, 4.69) is 0 Å². The number of ether oxygens (including phenoxy) is 1. The zero-order valence-electron chi connectivity index (χ0n) is 30.3. The Hall–Kier alpha value is -3.27. The minimum atomic E-state index is -4.19. The highest BCUT2D eigenvalue weighted by Crippen LogP contribution is 2.71. The summed E-state index contributed by atoms with van der Waals surface area (Å²) in [4.78, 5) is 26.5. The normalized spacial score (nSPS) is 36.3. The predicted octanol–water partition coefficient (Wildman–Crippen LogP) is 7.27. The number of para-hydroxylation sites is 2. The molecule has 0 spiro atoms. The highest BCUT2D eigenvalue weighted by molar-refractivity contribution is 7.49. The van der Waals surface area contributed by atoms with Crippen LogP contribution in [0.15, 0.2) is 84.0 Å². The summed E-state index contributed by atoms with van der Waals surface area (Å²) in [6.07, 6.45) is 2.96. The maximum absolute atomic E-state index is 14.3. The van der Waals surface area contributed by atoms with Crippen LogP contribution in [0.4, 0.5) is 0 Å². The van der Waals surface area contributed by atoms with Crippen molar-refractivity contribution >= 4 is 19.6 Å². The summed E-state index contributed by atoms with van der Waals surface area (Å²) < 4.78 is 38.4. The molecule has 0 amide bonds. The molecule has 0 bridgehead atoms. The summed E-state index contributed by atoms with van der Waals surface area (Å²) in [6, 6.07) is 17.4. The van der Waals surface area contributed by atoms with Crippen molar-refractivity contribution in [3.8, 4) is 11.5 Å². The van der Waals surface area contributed by atoms with Crippen molar-refractivity contribution in [3.05, 3.63) is 84.0 Å². The first-order chi connectivity index (χ1) is 23.9. The molecular formula is C40H51O10P. The summed E-state index contributed by atoms with van der Waals surface area (Å²) in [7, 11) is -4.19. The molecule has 0 heterocycles. The number of ketones is 1. The van der Waals surface area contributed by atoms with Crippen LogP contribution in [-0.2, 0) is 23.4 Å². The number of rotatable bonds is 10. The van der Waals surface area contributed by atoms with Crippen molar-refractivity contribution in [1.82, 2.24) is 0 Å². The van der Waals surface area contributed by atoms with Crippen molar-refractivity contribution in [1.29, 1.82) is 0 Å². The maximum atomic E-state index is 14.3. The highest BCUT2D eigenvalue weighted by atomic mass is 31.2. The molecule has 1 unspecified atom stereocenters. The number of carbonyl (C=O) groups excluding carboxylic acids is 2.